The third kappa shape index (κ3) is 4.11. The van der Waals surface area contributed by atoms with Gasteiger partial charge in [0, 0.05) is 32.4 Å². The van der Waals surface area contributed by atoms with E-state index in [9.17, 15) is 4.79 Å². The molecule has 1 aliphatic rings. The van der Waals surface area contributed by atoms with E-state index in [1.54, 1.807) is 6.07 Å². The van der Waals surface area contributed by atoms with Gasteiger partial charge in [0.2, 0.25) is 0 Å². The molecule has 1 saturated heterocycles. The van der Waals surface area contributed by atoms with E-state index in [-0.39, 0.29) is 5.91 Å². The molecule has 116 valence electrons. The number of anilines is 2. The summed E-state index contributed by atoms with van der Waals surface area (Å²) in [5, 5.41) is 2.86. The van der Waals surface area contributed by atoms with Gasteiger partial charge in [0.25, 0.3) is 5.91 Å². The van der Waals surface area contributed by atoms with Crippen molar-refractivity contribution < 1.29 is 4.79 Å². The van der Waals surface area contributed by atoms with Crippen LogP contribution in [-0.4, -0.2) is 50.6 Å². The van der Waals surface area contributed by atoms with Crippen LogP contribution in [0.15, 0.2) is 18.2 Å². The molecule has 1 aliphatic heterocycles. The van der Waals surface area contributed by atoms with Gasteiger partial charge in [-0.25, -0.2) is 0 Å². The second-order valence-corrected chi connectivity index (χ2v) is 5.61. The highest BCUT2D eigenvalue weighted by Crippen LogP contribution is 2.23. The molecule has 0 saturated carbocycles. The van der Waals surface area contributed by atoms with Crippen LogP contribution < -0.4 is 16.0 Å². The summed E-state index contributed by atoms with van der Waals surface area (Å²) in [6.45, 7) is 6.85. The minimum atomic E-state index is -0.0412. The number of likely N-dealkylation sites (tertiary alicyclic amines) is 1. The molecule has 1 aromatic rings. The zero-order chi connectivity index (χ0) is 15.2. The van der Waals surface area contributed by atoms with Crippen molar-refractivity contribution in [1.29, 1.82) is 0 Å². The molecule has 0 aromatic heterocycles. The monoisotopic (exact) mass is 290 g/mol. The number of nitrogens with zero attached hydrogens (tertiary/aromatic N) is 2. The molecule has 0 unspecified atom stereocenters. The van der Waals surface area contributed by atoms with E-state index in [0.717, 1.165) is 18.8 Å². The molecule has 2 rings (SSSR count). The lowest BCUT2D eigenvalue weighted by Gasteiger charge is -2.25. The second-order valence-electron chi connectivity index (χ2n) is 5.61. The van der Waals surface area contributed by atoms with Gasteiger partial charge in [0.05, 0.1) is 11.3 Å². The summed E-state index contributed by atoms with van der Waals surface area (Å²) < 4.78 is 0. The number of carbonyl (C=O) groups excluding carboxylic acids is 1. The van der Waals surface area contributed by atoms with Crippen molar-refractivity contribution in [3.8, 4) is 0 Å². The third-order valence-corrected chi connectivity index (χ3v) is 3.97. The lowest BCUT2D eigenvalue weighted by atomic mass is 10.1. The maximum atomic E-state index is 12.2. The molecule has 5 heteroatoms. The molecule has 3 N–H and O–H groups in total. The first-order chi connectivity index (χ1) is 10.1. The Morgan fingerprint density at radius 2 is 2.10 bits per heavy atom. The summed E-state index contributed by atoms with van der Waals surface area (Å²) in [5.41, 5.74) is 8.17. The lowest BCUT2D eigenvalue weighted by Crippen LogP contribution is -2.33. The largest absolute Gasteiger partial charge is 0.399 e. The van der Waals surface area contributed by atoms with Crippen LogP contribution in [0, 0.1) is 0 Å². The predicted molar refractivity (Wildman–Crippen MR) is 87.8 cm³/mol. The lowest BCUT2D eigenvalue weighted by molar-refractivity contribution is 0.0956. The topological polar surface area (TPSA) is 61.6 Å². The van der Waals surface area contributed by atoms with Gasteiger partial charge in [-0.1, -0.05) is 0 Å². The Morgan fingerprint density at radius 3 is 2.76 bits per heavy atom. The summed E-state index contributed by atoms with van der Waals surface area (Å²) in [6.07, 6.45) is 2.60. The minimum Gasteiger partial charge on any atom is -0.399 e. The van der Waals surface area contributed by atoms with Crippen molar-refractivity contribution in [3.05, 3.63) is 23.8 Å². The highest BCUT2D eigenvalue weighted by Gasteiger charge is 2.16. The van der Waals surface area contributed by atoms with Crippen LogP contribution >= 0.6 is 0 Å². The van der Waals surface area contributed by atoms with Crippen molar-refractivity contribution in [2.75, 3.05) is 50.4 Å². The number of carbonyl (C=O) groups is 1. The number of nitrogens with one attached hydrogen (secondary N) is 1. The quantitative estimate of drug-likeness (QED) is 0.780. The van der Waals surface area contributed by atoms with Crippen molar-refractivity contribution >= 4 is 17.3 Å². The molecule has 1 aromatic carbocycles. The summed E-state index contributed by atoms with van der Waals surface area (Å²) in [5.74, 6) is -0.0412. The molecular formula is C16H26N4O. The average Bonchev–Trinajstić information content (AvgIpc) is 2.98. The molecule has 5 nitrogen and oxygen atoms in total. The van der Waals surface area contributed by atoms with Gasteiger partial charge in [0.15, 0.2) is 0 Å². The van der Waals surface area contributed by atoms with E-state index in [1.807, 2.05) is 26.1 Å². The van der Waals surface area contributed by atoms with Crippen LogP contribution in [0.2, 0.25) is 0 Å². The Hall–Kier alpha value is -1.75. The molecule has 0 atom stereocenters. The number of hydrogen-bond donors (Lipinski definition) is 2. The fourth-order valence-corrected chi connectivity index (χ4v) is 2.73. The van der Waals surface area contributed by atoms with Crippen LogP contribution in [-0.2, 0) is 0 Å². The number of benzene rings is 1. The first-order valence-electron chi connectivity index (χ1n) is 7.73. The van der Waals surface area contributed by atoms with Crippen LogP contribution in [0.3, 0.4) is 0 Å². The molecular weight excluding hydrogens is 264 g/mol. The van der Waals surface area contributed by atoms with Gasteiger partial charge in [-0.2, -0.15) is 0 Å². The summed E-state index contributed by atoms with van der Waals surface area (Å²) >= 11 is 0. The van der Waals surface area contributed by atoms with Crippen LogP contribution in [0.5, 0.6) is 0 Å². The minimum absolute atomic E-state index is 0.0412. The number of hydrogen-bond acceptors (Lipinski definition) is 4. The fourth-order valence-electron chi connectivity index (χ4n) is 2.73. The number of nitrogens with two attached hydrogens (primary N) is 1. The highest BCUT2D eigenvalue weighted by molar-refractivity contribution is 6.00. The average molecular weight is 290 g/mol. The van der Waals surface area contributed by atoms with Gasteiger partial charge in [0.1, 0.15) is 0 Å². The molecule has 0 bridgehead atoms. The van der Waals surface area contributed by atoms with Gasteiger partial charge in [-0.3, -0.25) is 4.79 Å². The van der Waals surface area contributed by atoms with Crippen molar-refractivity contribution in [2.45, 2.75) is 19.8 Å². The van der Waals surface area contributed by atoms with Gasteiger partial charge < -0.3 is 20.9 Å². The SMILES string of the molecule is CCNC(=O)c1ccc(N)cc1N(C)CCN1CCCC1. The zero-order valence-corrected chi connectivity index (χ0v) is 13.1. The maximum Gasteiger partial charge on any atom is 0.253 e. The Bertz CT molecular complexity index is 483. The second kappa shape index (κ2) is 7.31. The van der Waals surface area contributed by atoms with E-state index in [2.05, 4.69) is 15.1 Å². The fraction of sp³-hybridized carbons (Fsp3) is 0.562. The molecule has 1 amide bonds. The third-order valence-electron chi connectivity index (χ3n) is 3.97. The highest BCUT2D eigenvalue weighted by atomic mass is 16.1. The van der Waals surface area contributed by atoms with Crippen molar-refractivity contribution in [3.63, 3.8) is 0 Å². The standard InChI is InChI=1S/C16H26N4O/c1-3-18-16(21)14-7-6-13(17)12-15(14)19(2)10-11-20-8-4-5-9-20/h6-7,12H,3-5,8-11,17H2,1-2H3,(H,18,21). The van der Waals surface area contributed by atoms with Gasteiger partial charge in [-0.15, -0.1) is 0 Å². The number of amides is 1. The molecule has 0 spiro atoms. The normalized spacial score (nSPS) is 15.1. The number of nitrogen functional groups attached to an aromatic ring is 1. The summed E-state index contributed by atoms with van der Waals surface area (Å²) in [6, 6.07) is 5.47. The number of rotatable bonds is 6. The van der Waals surface area contributed by atoms with E-state index < -0.39 is 0 Å². The van der Waals surface area contributed by atoms with Crippen LogP contribution in [0.4, 0.5) is 11.4 Å². The van der Waals surface area contributed by atoms with Crippen molar-refractivity contribution in [2.24, 2.45) is 0 Å². The van der Waals surface area contributed by atoms with E-state index >= 15 is 0 Å². The Balaban J connectivity index is 2.08. The van der Waals surface area contributed by atoms with Gasteiger partial charge >= 0.3 is 0 Å². The summed E-state index contributed by atoms with van der Waals surface area (Å²) in [4.78, 5) is 16.7. The molecule has 1 heterocycles. The first kappa shape index (κ1) is 15.6. The van der Waals surface area contributed by atoms with E-state index in [4.69, 9.17) is 5.73 Å². The summed E-state index contributed by atoms with van der Waals surface area (Å²) in [7, 11) is 2.02. The van der Waals surface area contributed by atoms with E-state index in [0.29, 0.717) is 17.8 Å². The Morgan fingerprint density at radius 1 is 1.38 bits per heavy atom. The molecule has 21 heavy (non-hydrogen) atoms. The van der Waals surface area contributed by atoms with Crippen LogP contribution in [0.1, 0.15) is 30.1 Å². The van der Waals surface area contributed by atoms with Crippen LogP contribution in [0.25, 0.3) is 0 Å². The Kier molecular flexibility index (Phi) is 5.44. The predicted octanol–water partition coefficient (Wildman–Crippen LogP) is 1.55. The van der Waals surface area contributed by atoms with Crippen molar-refractivity contribution in [1.82, 2.24) is 10.2 Å². The first-order valence-corrected chi connectivity index (χ1v) is 7.73. The van der Waals surface area contributed by atoms with E-state index in [1.165, 1.54) is 25.9 Å². The zero-order valence-electron chi connectivity index (χ0n) is 13.1. The van der Waals surface area contributed by atoms with Gasteiger partial charge in [-0.05, 0) is 51.1 Å². The molecule has 0 radical (unpaired) electrons. The molecule has 1 fully saturated rings. The molecule has 0 aliphatic carbocycles. The smallest absolute Gasteiger partial charge is 0.253 e. The maximum absolute atomic E-state index is 12.2. The Labute approximate surface area is 127 Å². The number of likely N-dealkylation sites (N-methyl/N-ethyl adjacent to an activating group) is 1.